The summed E-state index contributed by atoms with van der Waals surface area (Å²) in [5.41, 5.74) is 5.33. The number of nitrogens with two attached hydrogens (primary N) is 1. The van der Waals surface area contributed by atoms with Gasteiger partial charge in [0.15, 0.2) is 0 Å². The maximum Gasteiger partial charge on any atom is 0.220 e. The van der Waals surface area contributed by atoms with Crippen molar-refractivity contribution < 1.29 is 4.79 Å². The Labute approximate surface area is 86.4 Å². The molecular weight excluding hydrogens is 176 g/mol. The summed E-state index contributed by atoms with van der Waals surface area (Å²) >= 11 is 0. The van der Waals surface area contributed by atoms with Crippen LogP contribution < -0.4 is 11.1 Å². The van der Waals surface area contributed by atoms with E-state index in [0.29, 0.717) is 13.0 Å². The van der Waals surface area contributed by atoms with Crippen molar-refractivity contribution in [3.8, 4) is 0 Å². The SMILES string of the molecule is NCCCC(=O)NCCC1CCCC1. The first-order chi connectivity index (χ1) is 6.83. The third-order valence-corrected chi connectivity index (χ3v) is 2.96. The van der Waals surface area contributed by atoms with Crippen molar-refractivity contribution >= 4 is 5.91 Å². The van der Waals surface area contributed by atoms with Crippen LogP contribution in [0.25, 0.3) is 0 Å². The van der Waals surface area contributed by atoms with Gasteiger partial charge in [0.2, 0.25) is 5.91 Å². The van der Waals surface area contributed by atoms with Gasteiger partial charge in [-0.1, -0.05) is 25.7 Å². The molecule has 0 heterocycles. The van der Waals surface area contributed by atoms with Crippen LogP contribution in [0.3, 0.4) is 0 Å². The molecule has 1 fully saturated rings. The summed E-state index contributed by atoms with van der Waals surface area (Å²) in [5.74, 6) is 1.03. The van der Waals surface area contributed by atoms with Crippen LogP contribution in [0.1, 0.15) is 44.9 Å². The third-order valence-electron chi connectivity index (χ3n) is 2.96. The van der Waals surface area contributed by atoms with Crippen molar-refractivity contribution in [1.29, 1.82) is 0 Å². The summed E-state index contributed by atoms with van der Waals surface area (Å²) in [7, 11) is 0. The highest BCUT2D eigenvalue weighted by Crippen LogP contribution is 2.26. The maximum absolute atomic E-state index is 11.2. The largest absolute Gasteiger partial charge is 0.356 e. The Morgan fingerprint density at radius 2 is 2.07 bits per heavy atom. The van der Waals surface area contributed by atoms with Gasteiger partial charge in [-0.05, 0) is 25.3 Å². The average Bonchev–Trinajstić information content (AvgIpc) is 2.67. The molecule has 0 atom stereocenters. The number of hydrogen-bond acceptors (Lipinski definition) is 2. The number of amides is 1. The zero-order chi connectivity index (χ0) is 10.2. The molecule has 3 nitrogen and oxygen atoms in total. The van der Waals surface area contributed by atoms with Gasteiger partial charge in [0.1, 0.15) is 0 Å². The Kier molecular flexibility index (Phi) is 5.60. The van der Waals surface area contributed by atoms with Crippen molar-refractivity contribution in [3.05, 3.63) is 0 Å². The Morgan fingerprint density at radius 1 is 1.36 bits per heavy atom. The van der Waals surface area contributed by atoms with Gasteiger partial charge in [0.25, 0.3) is 0 Å². The molecule has 0 aromatic carbocycles. The van der Waals surface area contributed by atoms with E-state index in [9.17, 15) is 4.79 Å². The minimum absolute atomic E-state index is 0.161. The number of carbonyl (C=O) groups is 1. The highest BCUT2D eigenvalue weighted by atomic mass is 16.1. The van der Waals surface area contributed by atoms with Gasteiger partial charge in [-0.2, -0.15) is 0 Å². The third kappa shape index (κ3) is 4.61. The molecule has 0 radical (unpaired) electrons. The number of nitrogens with one attached hydrogen (secondary N) is 1. The van der Waals surface area contributed by atoms with Crippen molar-refractivity contribution in [3.63, 3.8) is 0 Å². The summed E-state index contributed by atoms with van der Waals surface area (Å²) in [6.45, 7) is 1.46. The fraction of sp³-hybridized carbons (Fsp3) is 0.909. The molecule has 0 unspecified atom stereocenters. The fourth-order valence-electron chi connectivity index (χ4n) is 2.07. The molecule has 0 spiro atoms. The second-order valence-corrected chi connectivity index (χ2v) is 4.18. The summed E-state index contributed by atoms with van der Waals surface area (Å²) in [5, 5.41) is 2.95. The molecule has 0 bridgehead atoms. The highest BCUT2D eigenvalue weighted by molar-refractivity contribution is 5.75. The minimum Gasteiger partial charge on any atom is -0.356 e. The zero-order valence-electron chi connectivity index (χ0n) is 8.93. The van der Waals surface area contributed by atoms with E-state index in [1.54, 1.807) is 0 Å². The van der Waals surface area contributed by atoms with Crippen LogP contribution in [-0.2, 0) is 4.79 Å². The van der Waals surface area contributed by atoms with E-state index in [-0.39, 0.29) is 5.91 Å². The predicted molar refractivity (Wildman–Crippen MR) is 57.9 cm³/mol. The normalized spacial score (nSPS) is 17.2. The van der Waals surface area contributed by atoms with E-state index >= 15 is 0 Å². The van der Waals surface area contributed by atoms with Crippen LogP contribution in [-0.4, -0.2) is 19.0 Å². The molecule has 3 heteroatoms. The van der Waals surface area contributed by atoms with Gasteiger partial charge in [-0.3, -0.25) is 4.79 Å². The van der Waals surface area contributed by atoms with Gasteiger partial charge >= 0.3 is 0 Å². The smallest absolute Gasteiger partial charge is 0.220 e. The van der Waals surface area contributed by atoms with Gasteiger partial charge in [-0.25, -0.2) is 0 Å². The second-order valence-electron chi connectivity index (χ2n) is 4.18. The van der Waals surface area contributed by atoms with Crippen LogP contribution in [0.2, 0.25) is 0 Å². The minimum atomic E-state index is 0.161. The van der Waals surface area contributed by atoms with Gasteiger partial charge < -0.3 is 11.1 Å². The quantitative estimate of drug-likeness (QED) is 0.678. The lowest BCUT2D eigenvalue weighted by Gasteiger charge is -2.09. The Bertz CT molecular complexity index is 165. The average molecular weight is 198 g/mol. The molecule has 1 amide bonds. The van der Waals surface area contributed by atoms with Crippen molar-refractivity contribution in [2.45, 2.75) is 44.9 Å². The molecule has 0 aromatic heterocycles. The van der Waals surface area contributed by atoms with Gasteiger partial charge in [0, 0.05) is 13.0 Å². The fourth-order valence-corrected chi connectivity index (χ4v) is 2.07. The molecule has 0 aliphatic heterocycles. The van der Waals surface area contributed by atoms with Crippen LogP contribution in [0.15, 0.2) is 0 Å². The van der Waals surface area contributed by atoms with Crippen molar-refractivity contribution in [2.75, 3.05) is 13.1 Å². The zero-order valence-corrected chi connectivity index (χ0v) is 8.93. The Morgan fingerprint density at radius 3 is 2.71 bits per heavy atom. The van der Waals surface area contributed by atoms with Crippen LogP contribution in [0.4, 0.5) is 0 Å². The highest BCUT2D eigenvalue weighted by Gasteiger charge is 2.14. The molecule has 1 saturated carbocycles. The summed E-state index contributed by atoms with van der Waals surface area (Å²) in [6, 6.07) is 0. The molecule has 1 rings (SSSR count). The Balaban J connectivity index is 1.94. The lowest BCUT2D eigenvalue weighted by atomic mass is 10.0. The lowest BCUT2D eigenvalue weighted by Crippen LogP contribution is -2.25. The van der Waals surface area contributed by atoms with Crippen molar-refractivity contribution in [2.24, 2.45) is 11.7 Å². The predicted octanol–water partition coefficient (Wildman–Crippen LogP) is 1.42. The van der Waals surface area contributed by atoms with Crippen LogP contribution in [0.5, 0.6) is 0 Å². The molecule has 82 valence electrons. The van der Waals surface area contributed by atoms with E-state index in [2.05, 4.69) is 5.32 Å². The number of hydrogen-bond donors (Lipinski definition) is 2. The molecule has 0 saturated heterocycles. The van der Waals surface area contributed by atoms with Gasteiger partial charge in [-0.15, -0.1) is 0 Å². The first kappa shape index (κ1) is 11.5. The van der Waals surface area contributed by atoms with Gasteiger partial charge in [0.05, 0.1) is 0 Å². The standard InChI is InChI=1S/C11H22N2O/c12-8-3-6-11(14)13-9-7-10-4-1-2-5-10/h10H,1-9,12H2,(H,13,14). The molecule has 1 aliphatic carbocycles. The van der Waals surface area contributed by atoms with Crippen LogP contribution >= 0.6 is 0 Å². The molecule has 3 N–H and O–H groups in total. The summed E-state index contributed by atoms with van der Waals surface area (Å²) < 4.78 is 0. The van der Waals surface area contributed by atoms with E-state index in [4.69, 9.17) is 5.73 Å². The van der Waals surface area contributed by atoms with E-state index < -0.39 is 0 Å². The number of carbonyl (C=O) groups excluding carboxylic acids is 1. The summed E-state index contributed by atoms with van der Waals surface area (Å²) in [6.07, 6.45) is 8.03. The Hall–Kier alpha value is -0.570. The maximum atomic E-state index is 11.2. The molecular formula is C11H22N2O. The van der Waals surface area contributed by atoms with E-state index in [0.717, 1.165) is 25.3 Å². The van der Waals surface area contributed by atoms with E-state index in [1.807, 2.05) is 0 Å². The van der Waals surface area contributed by atoms with Crippen molar-refractivity contribution in [1.82, 2.24) is 5.32 Å². The second kappa shape index (κ2) is 6.82. The molecule has 0 aromatic rings. The molecule has 14 heavy (non-hydrogen) atoms. The monoisotopic (exact) mass is 198 g/mol. The first-order valence-corrected chi connectivity index (χ1v) is 5.79. The van der Waals surface area contributed by atoms with Crippen LogP contribution in [0, 0.1) is 5.92 Å². The summed E-state index contributed by atoms with van der Waals surface area (Å²) in [4.78, 5) is 11.2. The number of rotatable bonds is 6. The molecule has 1 aliphatic rings. The first-order valence-electron chi connectivity index (χ1n) is 5.79. The lowest BCUT2D eigenvalue weighted by molar-refractivity contribution is -0.121. The topological polar surface area (TPSA) is 55.1 Å². The van der Waals surface area contributed by atoms with E-state index in [1.165, 1.54) is 25.7 Å².